The van der Waals surface area contributed by atoms with Crippen LogP contribution in [-0.2, 0) is 13.5 Å². The van der Waals surface area contributed by atoms with E-state index in [0.29, 0.717) is 12.1 Å². The molecule has 2 aromatic heterocycles. The molecular formula is C15H13N3O. The fourth-order valence-electron chi connectivity index (χ4n) is 2.13. The molecule has 0 aliphatic carbocycles. The number of aryl methyl sites for hydroxylation is 1. The fourth-order valence-corrected chi connectivity index (χ4v) is 2.13. The topological polar surface area (TPSA) is 47.8 Å². The standard InChI is InChI=1S/C15H13N3O/c1-18-9-14(17-10-18)15(19)8-11-6-7-16-13-5-3-2-4-12(11)13/h2-7,9-10H,8H2,1H3. The van der Waals surface area contributed by atoms with Crippen molar-refractivity contribution in [3.63, 3.8) is 0 Å². The minimum atomic E-state index is 0.0250. The lowest BCUT2D eigenvalue weighted by Gasteiger charge is -2.04. The number of Topliss-reactive ketones (excluding diaryl/α,β-unsaturated/α-hetero) is 1. The summed E-state index contributed by atoms with van der Waals surface area (Å²) < 4.78 is 1.78. The van der Waals surface area contributed by atoms with Crippen LogP contribution in [0.3, 0.4) is 0 Å². The van der Waals surface area contributed by atoms with Gasteiger partial charge in [0.15, 0.2) is 5.78 Å². The van der Waals surface area contributed by atoms with Gasteiger partial charge >= 0.3 is 0 Å². The van der Waals surface area contributed by atoms with E-state index in [1.807, 2.05) is 37.4 Å². The maximum atomic E-state index is 12.2. The Labute approximate surface area is 110 Å². The number of ketones is 1. The Kier molecular flexibility index (Phi) is 2.83. The first kappa shape index (κ1) is 11.6. The molecule has 94 valence electrons. The van der Waals surface area contributed by atoms with Crippen molar-refractivity contribution in [1.29, 1.82) is 0 Å². The molecule has 0 saturated heterocycles. The van der Waals surface area contributed by atoms with Crippen molar-refractivity contribution >= 4 is 16.7 Å². The monoisotopic (exact) mass is 251 g/mol. The second-order valence-corrected chi connectivity index (χ2v) is 4.51. The second-order valence-electron chi connectivity index (χ2n) is 4.51. The molecule has 0 fully saturated rings. The second kappa shape index (κ2) is 4.65. The zero-order valence-corrected chi connectivity index (χ0v) is 10.6. The number of hydrogen-bond donors (Lipinski definition) is 0. The summed E-state index contributed by atoms with van der Waals surface area (Å²) in [5.41, 5.74) is 2.40. The number of aromatic nitrogens is 3. The van der Waals surface area contributed by atoms with Crippen LogP contribution in [0.1, 0.15) is 16.1 Å². The highest BCUT2D eigenvalue weighted by Gasteiger charge is 2.11. The lowest BCUT2D eigenvalue weighted by atomic mass is 10.0. The number of imidazole rings is 1. The van der Waals surface area contributed by atoms with Gasteiger partial charge < -0.3 is 4.57 Å². The average molecular weight is 251 g/mol. The van der Waals surface area contributed by atoms with Crippen molar-refractivity contribution in [1.82, 2.24) is 14.5 Å². The number of nitrogens with zero attached hydrogens (tertiary/aromatic N) is 3. The van der Waals surface area contributed by atoms with E-state index in [1.54, 1.807) is 23.3 Å². The van der Waals surface area contributed by atoms with Crippen molar-refractivity contribution in [2.45, 2.75) is 6.42 Å². The van der Waals surface area contributed by atoms with Crippen LogP contribution in [0.25, 0.3) is 10.9 Å². The molecule has 0 N–H and O–H groups in total. The van der Waals surface area contributed by atoms with E-state index in [0.717, 1.165) is 16.5 Å². The molecule has 19 heavy (non-hydrogen) atoms. The summed E-state index contributed by atoms with van der Waals surface area (Å²) in [6.45, 7) is 0. The highest BCUT2D eigenvalue weighted by atomic mass is 16.1. The Morgan fingerprint density at radius 1 is 1.21 bits per heavy atom. The third kappa shape index (κ3) is 2.25. The van der Waals surface area contributed by atoms with Gasteiger partial charge in [0.1, 0.15) is 5.69 Å². The van der Waals surface area contributed by atoms with Gasteiger partial charge in [-0.15, -0.1) is 0 Å². The van der Waals surface area contributed by atoms with Crippen molar-refractivity contribution in [3.05, 3.63) is 60.3 Å². The Bertz CT molecular complexity index is 740. The van der Waals surface area contributed by atoms with Crippen LogP contribution in [0.5, 0.6) is 0 Å². The molecule has 2 heterocycles. The van der Waals surface area contributed by atoms with Crippen molar-refractivity contribution < 1.29 is 4.79 Å². The van der Waals surface area contributed by atoms with Crippen LogP contribution in [0.15, 0.2) is 49.1 Å². The molecule has 0 atom stereocenters. The zero-order chi connectivity index (χ0) is 13.2. The van der Waals surface area contributed by atoms with E-state index in [2.05, 4.69) is 9.97 Å². The number of benzene rings is 1. The fraction of sp³-hybridized carbons (Fsp3) is 0.133. The normalized spacial score (nSPS) is 10.8. The van der Waals surface area contributed by atoms with Crippen molar-refractivity contribution in [2.75, 3.05) is 0 Å². The maximum absolute atomic E-state index is 12.2. The first-order valence-electron chi connectivity index (χ1n) is 6.08. The first-order chi connectivity index (χ1) is 9.24. The van der Waals surface area contributed by atoms with Crippen molar-refractivity contribution in [3.8, 4) is 0 Å². The quantitative estimate of drug-likeness (QED) is 0.671. The van der Waals surface area contributed by atoms with E-state index in [-0.39, 0.29) is 5.78 Å². The van der Waals surface area contributed by atoms with E-state index < -0.39 is 0 Å². The summed E-state index contributed by atoms with van der Waals surface area (Å²) in [6, 6.07) is 9.73. The third-order valence-electron chi connectivity index (χ3n) is 3.08. The number of para-hydroxylation sites is 1. The minimum absolute atomic E-state index is 0.0250. The van der Waals surface area contributed by atoms with E-state index >= 15 is 0 Å². The largest absolute Gasteiger partial charge is 0.340 e. The van der Waals surface area contributed by atoms with Crippen LogP contribution in [-0.4, -0.2) is 20.3 Å². The van der Waals surface area contributed by atoms with Gasteiger partial charge in [0.25, 0.3) is 0 Å². The Hall–Kier alpha value is -2.49. The summed E-state index contributed by atoms with van der Waals surface area (Å²) in [5, 5.41) is 1.02. The Balaban J connectivity index is 1.95. The predicted octanol–water partition coefficient (Wildman–Crippen LogP) is 2.39. The summed E-state index contributed by atoms with van der Waals surface area (Å²) in [7, 11) is 1.85. The predicted molar refractivity (Wildman–Crippen MR) is 73.0 cm³/mol. The molecule has 4 nitrogen and oxygen atoms in total. The summed E-state index contributed by atoms with van der Waals surface area (Å²) in [4.78, 5) is 20.6. The molecule has 0 aliphatic rings. The molecular weight excluding hydrogens is 238 g/mol. The maximum Gasteiger partial charge on any atom is 0.187 e. The summed E-state index contributed by atoms with van der Waals surface area (Å²) in [6.07, 6.45) is 5.47. The first-order valence-corrected chi connectivity index (χ1v) is 6.08. The highest BCUT2D eigenvalue weighted by molar-refractivity contribution is 5.98. The molecule has 3 aromatic rings. The molecule has 0 unspecified atom stereocenters. The molecule has 0 spiro atoms. The minimum Gasteiger partial charge on any atom is -0.340 e. The SMILES string of the molecule is Cn1cnc(C(=O)Cc2ccnc3ccccc23)c1. The van der Waals surface area contributed by atoms with Crippen molar-refractivity contribution in [2.24, 2.45) is 7.05 Å². The van der Waals surface area contributed by atoms with Gasteiger partial charge in [-0.25, -0.2) is 4.98 Å². The van der Waals surface area contributed by atoms with E-state index in [4.69, 9.17) is 0 Å². The van der Waals surface area contributed by atoms with Gasteiger partial charge in [-0.05, 0) is 17.7 Å². The highest BCUT2D eigenvalue weighted by Crippen LogP contribution is 2.17. The smallest absolute Gasteiger partial charge is 0.187 e. The molecule has 4 heteroatoms. The lowest BCUT2D eigenvalue weighted by molar-refractivity contribution is 0.0989. The third-order valence-corrected chi connectivity index (χ3v) is 3.08. The molecule has 3 rings (SSSR count). The van der Waals surface area contributed by atoms with Crippen LogP contribution in [0.2, 0.25) is 0 Å². The van der Waals surface area contributed by atoms with Gasteiger partial charge in [-0.3, -0.25) is 9.78 Å². The molecule has 0 amide bonds. The van der Waals surface area contributed by atoms with Gasteiger partial charge in [0, 0.05) is 31.2 Å². The number of carbonyl (C=O) groups is 1. The molecule has 0 saturated carbocycles. The Morgan fingerprint density at radius 2 is 2.05 bits per heavy atom. The van der Waals surface area contributed by atoms with Crippen LogP contribution in [0, 0.1) is 0 Å². The molecule has 1 aromatic carbocycles. The van der Waals surface area contributed by atoms with Crippen LogP contribution < -0.4 is 0 Å². The van der Waals surface area contributed by atoms with Crippen LogP contribution in [0.4, 0.5) is 0 Å². The average Bonchev–Trinajstić information content (AvgIpc) is 2.86. The number of fused-ring (bicyclic) bond motifs is 1. The summed E-state index contributed by atoms with van der Waals surface area (Å²) in [5.74, 6) is 0.0250. The van der Waals surface area contributed by atoms with E-state index in [9.17, 15) is 4.79 Å². The number of hydrogen-bond acceptors (Lipinski definition) is 3. The number of rotatable bonds is 3. The lowest BCUT2D eigenvalue weighted by Crippen LogP contribution is -2.04. The van der Waals surface area contributed by atoms with E-state index in [1.165, 1.54) is 0 Å². The summed E-state index contributed by atoms with van der Waals surface area (Å²) >= 11 is 0. The number of pyridine rings is 1. The van der Waals surface area contributed by atoms with Gasteiger partial charge in [0.2, 0.25) is 0 Å². The van der Waals surface area contributed by atoms with Crippen LogP contribution >= 0.6 is 0 Å². The molecule has 0 aliphatic heterocycles. The number of carbonyl (C=O) groups excluding carboxylic acids is 1. The van der Waals surface area contributed by atoms with Gasteiger partial charge in [-0.1, -0.05) is 18.2 Å². The molecule has 0 radical (unpaired) electrons. The van der Waals surface area contributed by atoms with Gasteiger partial charge in [-0.2, -0.15) is 0 Å². The Morgan fingerprint density at radius 3 is 2.84 bits per heavy atom. The molecule has 0 bridgehead atoms. The zero-order valence-electron chi connectivity index (χ0n) is 10.6. The van der Waals surface area contributed by atoms with Gasteiger partial charge in [0.05, 0.1) is 11.8 Å².